The fourth-order valence-corrected chi connectivity index (χ4v) is 4.15. The molecule has 1 aliphatic carbocycles. The number of hydrogen-bond acceptors (Lipinski definition) is 2. The smallest absolute Gasteiger partial charge is 0.0587 e. The van der Waals surface area contributed by atoms with Crippen molar-refractivity contribution in [2.45, 2.75) is 69.8 Å². The first kappa shape index (κ1) is 22.5. The quantitative estimate of drug-likeness (QED) is 0.496. The fraction of sp³-hybridized carbons (Fsp3) is 0.480. The van der Waals surface area contributed by atoms with Crippen molar-refractivity contribution in [3.63, 3.8) is 0 Å². The van der Waals surface area contributed by atoms with E-state index in [0.29, 0.717) is 17.3 Å². The lowest BCUT2D eigenvalue weighted by molar-refractivity contribution is 0.238. The molecule has 0 N–H and O–H groups in total. The molecule has 0 saturated heterocycles. The SMILES string of the molecule is CC#N.CC(CCc1ccc(C2CCC(Cl)C2)cc1)N(C)Cc1ccccc1. The summed E-state index contributed by atoms with van der Waals surface area (Å²) in [7, 11) is 2.23. The van der Waals surface area contributed by atoms with Gasteiger partial charge >= 0.3 is 0 Å². The highest BCUT2D eigenvalue weighted by Crippen LogP contribution is 2.37. The van der Waals surface area contributed by atoms with Crippen molar-refractivity contribution in [1.29, 1.82) is 5.26 Å². The Morgan fingerprint density at radius 3 is 2.29 bits per heavy atom. The van der Waals surface area contributed by atoms with E-state index in [1.807, 2.05) is 0 Å². The van der Waals surface area contributed by atoms with Gasteiger partial charge in [-0.05, 0) is 68.7 Å². The van der Waals surface area contributed by atoms with E-state index in [-0.39, 0.29) is 0 Å². The van der Waals surface area contributed by atoms with Crippen molar-refractivity contribution in [3.8, 4) is 6.07 Å². The molecule has 0 spiro atoms. The number of benzene rings is 2. The van der Waals surface area contributed by atoms with Crippen LogP contribution in [0, 0.1) is 11.3 Å². The summed E-state index contributed by atoms with van der Waals surface area (Å²) in [6.07, 6.45) is 5.88. The third kappa shape index (κ3) is 7.30. The van der Waals surface area contributed by atoms with Crippen LogP contribution in [0.15, 0.2) is 54.6 Å². The molecule has 1 fully saturated rings. The first-order valence-electron chi connectivity index (χ1n) is 10.3. The summed E-state index contributed by atoms with van der Waals surface area (Å²) in [5.41, 5.74) is 4.31. The summed E-state index contributed by atoms with van der Waals surface area (Å²) in [5.74, 6) is 0.674. The van der Waals surface area contributed by atoms with Crippen LogP contribution in [-0.2, 0) is 13.0 Å². The van der Waals surface area contributed by atoms with Crippen LogP contribution >= 0.6 is 11.6 Å². The summed E-state index contributed by atoms with van der Waals surface area (Å²) in [6.45, 7) is 4.78. The zero-order valence-corrected chi connectivity index (χ0v) is 18.2. The second kappa shape index (κ2) is 11.9. The standard InChI is InChI=1S/C23H30ClN.C2H3N/c1-18(25(2)17-20-6-4-3-5-7-20)8-9-19-10-12-21(13-11-19)22-14-15-23(24)16-22;1-2-3/h3-7,10-13,18,22-23H,8-9,14-17H2,1-2H3;1H3. The minimum absolute atomic E-state index is 0.380. The van der Waals surface area contributed by atoms with Crippen molar-refractivity contribution in [3.05, 3.63) is 71.3 Å². The van der Waals surface area contributed by atoms with Gasteiger partial charge in [-0.2, -0.15) is 5.26 Å². The number of hydrogen-bond donors (Lipinski definition) is 0. The van der Waals surface area contributed by atoms with E-state index in [1.165, 1.54) is 42.9 Å². The molecule has 3 atom stereocenters. The van der Waals surface area contributed by atoms with E-state index < -0.39 is 0 Å². The van der Waals surface area contributed by atoms with Gasteiger partial charge in [-0.3, -0.25) is 4.90 Å². The number of nitriles is 1. The van der Waals surface area contributed by atoms with E-state index >= 15 is 0 Å². The normalized spacial score (nSPS) is 19.6. The van der Waals surface area contributed by atoms with Crippen LogP contribution < -0.4 is 0 Å². The zero-order valence-electron chi connectivity index (χ0n) is 17.4. The predicted octanol–water partition coefficient (Wildman–Crippen LogP) is 6.54. The number of halogens is 1. The lowest BCUT2D eigenvalue weighted by atomic mass is 9.95. The van der Waals surface area contributed by atoms with Gasteiger partial charge in [0.25, 0.3) is 0 Å². The van der Waals surface area contributed by atoms with Crippen LogP contribution in [0.3, 0.4) is 0 Å². The number of rotatable bonds is 7. The van der Waals surface area contributed by atoms with Gasteiger partial charge in [0.05, 0.1) is 6.07 Å². The summed E-state index contributed by atoms with van der Waals surface area (Å²) in [4.78, 5) is 2.45. The van der Waals surface area contributed by atoms with Gasteiger partial charge in [0.2, 0.25) is 0 Å². The molecule has 0 amide bonds. The molecular weight excluding hydrogens is 364 g/mol. The molecule has 3 rings (SSSR count). The molecule has 0 aromatic heterocycles. The van der Waals surface area contributed by atoms with E-state index in [1.54, 1.807) is 6.07 Å². The minimum atomic E-state index is 0.380. The summed E-state index contributed by atoms with van der Waals surface area (Å²) in [6, 6.07) is 22.3. The number of aryl methyl sites for hydroxylation is 1. The molecule has 0 radical (unpaired) electrons. The van der Waals surface area contributed by atoms with Crippen LogP contribution in [0.5, 0.6) is 0 Å². The Balaban J connectivity index is 0.000000878. The number of nitrogens with zero attached hydrogens (tertiary/aromatic N) is 2. The Kier molecular flexibility index (Phi) is 9.55. The molecule has 0 aliphatic heterocycles. The van der Waals surface area contributed by atoms with E-state index in [9.17, 15) is 0 Å². The Morgan fingerprint density at radius 2 is 1.71 bits per heavy atom. The lowest BCUT2D eigenvalue weighted by Crippen LogP contribution is -2.28. The van der Waals surface area contributed by atoms with E-state index in [2.05, 4.69) is 73.5 Å². The molecule has 3 unspecified atom stereocenters. The lowest BCUT2D eigenvalue weighted by Gasteiger charge is -2.25. The first-order valence-corrected chi connectivity index (χ1v) is 10.7. The second-order valence-electron chi connectivity index (χ2n) is 7.86. The van der Waals surface area contributed by atoms with E-state index in [4.69, 9.17) is 16.9 Å². The molecule has 2 aromatic rings. The molecule has 2 aromatic carbocycles. The predicted molar refractivity (Wildman–Crippen MR) is 120 cm³/mol. The van der Waals surface area contributed by atoms with Crippen LogP contribution in [0.2, 0.25) is 0 Å². The molecule has 1 aliphatic rings. The largest absolute Gasteiger partial charge is 0.299 e. The maximum absolute atomic E-state index is 7.32. The average Bonchev–Trinajstić information content (AvgIpc) is 3.14. The molecule has 28 heavy (non-hydrogen) atoms. The van der Waals surface area contributed by atoms with Gasteiger partial charge in [-0.1, -0.05) is 54.6 Å². The van der Waals surface area contributed by atoms with Gasteiger partial charge in [0, 0.05) is 24.9 Å². The van der Waals surface area contributed by atoms with Crippen LogP contribution in [-0.4, -0.2) is 23.4 Å². The Hall–Kier alpha value is -1.82. The summed E-state index contributed by atoms with van der Waals surface area (Å²) >= 11 is 6.26. The second-order valence-corrected chi connectivity index (χ2v) is 8.48. The Morgan fingerprint density at radius 1 is 1.07 bits per heavy atom. The molecule has 2 nitrogen and oxygen atoms in total. The van der Waals surface area contributed by atoms with Crippen molar-refractivity contribution >= 4 is 11.6 Å². The van der Waals surface area contributed by atoms with Gasteiger partial charge in [0.1, 0.15) is 0 Å². The minimum Gasteiger partial charge on any atom is -0.299 e. The topological polar surface area (TPSA) is 27.0 Å². The van der Waals surface area contributed by atoms with Gasteiger partial charge in [-0.15, -0.1) is 11.6 Å². The molecular formula is C25H33ClN2. The van der Waals surface area contributed by atoms with Crippen LogP contribution in [0.4, 0.5) is 0 Å². The van der Waals surface area contributed by atoms with Crippen LogP contribution in [0.25, 0.3) is 0 Å². The zero-order chi connectivity index (χ0) is 20.4. The molecule has 1 saturated carbocycles. The van der Waals surface area contributed by atoms with Gasteiger partial charge < -0.3 is 0 Å². The Bertz CT molecular complexity index is 720. The molecule has 3 heteroatoms. The number of alkyl halides is 1. The summed E-state index contributed by atoms with van der Waals surface area (Å²) in [5, 5.41) is 7.70. The molecule has 150 valence electrons. The Labute approximate surface area is 176 Å². The van der Waals surface area contributed by atoms with Gasteiger partial charge in [0.15, 0.2) is 0 Å². The average molecular weight is 397 g/mol. The maximum Gasteiger partial charge on any atom is 0.0587 e. The molecule has 0 bridgehead atoms. The monoisotopic (exact) mass is 396 g/mol. The highest BCUT2D eigenvalue weighted by molar-refractivity contribution is 6.20. The third-order valence-corrected chi connectivity index (χ3v) is 6.09. The van der Waals surface area contributed by atoms with E-state index in [0.717, 1.165) is 19.4 Å². The van der Waals surface area contributed by atoms with Gasteiger partial charge in [-0.25, -0.2) is 0 Å². The highest BCUT2D eigenvalue weighted by atomic mass is 35.5. The maximum atomic E-state index is 7.32. The molecule has 0 heterocycles. The third-order valence-electron chi connectivity index (χ3n) is 5.70. The highest BCUT2D eigenvalue weighted by Gasteiger charge is 2.23. The van der Waals surface area contributed by atoms with Crippen molar-refractivity contribution in [2.75, 3.05) is 7.05 Å². The first-order chi connectivity index (χ1) is 13.5. The fourth-order valence-electron chi connectivity index (χ4n) is 3.81. The van der Waals surface area contributed by atoms with Crippen molar-refractivity contribution < 1.29 is 0 Å². The van der Waals surface area contributed by atoms with Crippen molar-refractivity contribution in [1.82, 2.24) is 4.90 Å². The summed E-state index contributed by atoms with van der Waals surface area (Å²) < 4.78 is 0. The van der Waals surface area contributed by atoms with Crippen molar-refractivity contribution in [2.24, 2.45) is 0 Å². The van der Waals surface area contributed by atoms with Crippen LogP contribution in [0.1, 0.15) is 62.1 Å².